The maximum atomic E-state index is 13.3. The third-order valence-electron chi connectivity index (χ3n) is 2.16. The molecule has 0 atom stereocenters. The Hall–Kier alpha value is -0.650. The average molecular weight is 266 g/mol. The summed E-state index contributed by atoms with van der Waals surface area (Å²) in [6, 6.07) is 6.09. The van der Waals surface area contributed by atoms with Gasteiger partial charge in [-0.05, 0) is 6.07 Å². The maximum Gasteiger partial charge on any atom is 0.215 e. The van der Waals surface area contributed by atoms with Crippen molar-refractivity contribution in [3.05, 3.63) is 35.6 Å². The summed E-state index contributed by atoms with van der Waals surface area (Å²) in [5.74, 6) is -0.515. The number of alkyl halides is 1. The lowest BCUT2D eigenvalue weighted by atomic mass is 10.2. The fraction of sp³-hybridized carbons (Fsp3) is 0.400. The van der Waals surface area contributed by atoms with Crippen LogP contribution < -0.4 is 0 Å². The highest BCUT2D eigenvalue weighted by Crippen LogP contribution is 2.11. The number of halogens is 2. The molecule has 0 aromatic heterocycles. The van der Waals surface area contributed by atoms with E-state index in [1.165, 1.54) is 13.1 Å². The van der Waals surface area contributed by atoms with Crippen molar-refractivity contribution in [2.45, 2.75) is 6.54 Å². The van der Waals surface area contributed by atoms with E-state index in [-0.39, 0.29) is 18.2 Å². The predicted octanol–water partition coefficient (Wildman–Crippen LogP) is 1.83. The van der Waals surface area contributed by atoms with Crippen molar-refractivity contribution in [1.82, 2.24) is 4.31 Å². The van der Waals surface area contributed by atoms with Crippen molar-refractivity contribution in [3.8, 4) is 0 Å². The molecule has 0 unspecified atom stereocenters. The van der Waals surface area contributed by atoms with Gasteiger partial charge >= 0.3 is 0 Å². The van der Waals surface area contributed by atoms with Crippen molar-refractivity contribution in [3.63, 3.8) is 0 Å². The molecule has 16 heavy (non-hydrogen) atoms. The molecule has 0 saturated carbocycles. The van der Waals surface area contributed by atoms with E-state index in [1.807, 2.05) is 0 Å². The van der Waals surface area contributed by atoms with E-state index in [4.69, 9.17) is 11.6 Å². The Balaban J connectivity index is 2.79. The van der Waals surface area contributed by atoms with Crippen molar-refractivity contribution >= 4 is 21.6 Å². The van der Waals surface area contributed by atoms with E-state index in [2.05, 4.69) is 0 Å². The van der Waals surface area contributed by atoms with E-state index < -0.39 is 15.8 Å². The van der Waals surface area contributed by atoms with Gasteiger partial charge in [-0.15, -0.1) is 11.6 Å². The molecule has 6 heteroatoms. The summed E-state index contributed by atoms with van der Waals surface area (Å²) in [6.07, 6.45) is 0. The van der Waals surface area contributed by atoms with Crippen LogP contribution in [0.2, 0.25) is 0 Å². The topological polar surface area (TPSA) is 37.4 Å². The van der Waals surface area contributed by atoms with Crippen molar-refractivity contribution in [1.29, 1.82) is 0 Å². The van der Waals surface area contributed by atoms with Gasteiger partial charge in [0.15, 0.2) is 0 Å². The summed E-state index contributed by atoms with van der Waals surface area (Å²) in [4.78, 5) is 0. The minimum atomic E-state index is -3.39. The second-order valence-corrected chi connectivity index (χ2v) is 5.93. The van der Waals surface area contributed by atoms with Crippen LogP contribution in [-0.2, 0) is 16.6 Å². The molecule has 3 nitrogen and oxygen atoms in total. The third-order valence-corrected chi connectivity index (χ3v) is 4.37. The summed E-state index contributed by atoms with van der Waals surface area (Å²) in [5, 5.41) is 0. The molecule has 0 aliphatic heterocycles. The molecule has 0 aliphatic carbocycles. The molecule has 0 fully saturated rings. The summed E-state index contributed by atoms with van der Waals surface area (Å²) in [6.45, 7) is 0.0197. The number of nitrogens with zero attached hydrogens (tertiary/aromatic N) is 1. The van der Waals surface area contributed by atoms with E-state index >= 15 is 0 Å². The van der Waals surface area contributed by atoms with Crippen LogP contribution in [0.15, 0.2) is 24.3 Å². The first kappa shape index (κ1) is 13.4. The fourth-order valence-corrected chi connectivity index (χ4v) is 2.65. The average Bonchev–Trinajstić information content (AvgIpc) is 2.21. The number of hydrogen-bond donors (Lipinski definition) is 0. The first-order chi connectivity index (χ1) is 7.47. The Bertz CT molecular complexity index is 450. The summed E-state index contributed by atoms with van der Waals surface area (Å²) in [7, 11) is -1.98. The molecule has 1 aromatic carbocycles. The highest BCUT2D eigenvalue weighted by molar-refractivity contribution is 7.89. The minimum absolute atomic E-state index is 0.0197. The molecule has 0 aliphatic rings. The van der Waals surface area contributed by atoms with E-state index in [1.54, 1.807) is 18.2 Å². The SMILES string of the molecule is CN(Cc1ccccc1F)S(=O)(=O)CCCl. The molecular formula is C10H13ClFNO2S. The second-order valence-electron chi connectivity index (χ2n) is 3.35. The van der Waals surface area contributed by atoms with E-state index in [0.717, 1.165) is 4.31 Å². The first-order valence-electron chi connectivity index (χ1n) is 4.71. The van der Waals surface area contributed by atoms with Crippen LogP contribution in [0.25, 0.3) is 0 Å². The molecule has 0 radical (unpaired) electrons. The van der Waals surface area contributed by atoms with Gasteiger partial charge in [0.1, 0.15) is 5.82 Å². The third kappa shape index (κ3) is 3.43. The quantitative estimate of drug-likeness (QED) is 0.762. The zero-order valence-corrected chi connectivity index (χ0v) is 10.4. The predicted molar refractivity (Wildman–Crippen MR) is 62.4 cm³/mol. The van der Waals surface area contributed by atoms with Crippen LogP contribution in [0.1, 0.15) is 5.56 Å². The molecule has 0 heterocycles. The molecule has 0 bridgehead atoms. The van der Waals surface area contributed by atoms with Crippen LogP contribution >= 0.6 is 11.6 Å². The summed E-state index contributed by atoms with van der Waals surface area (Å²) >= 11 is 5.38. The largest absolute Gasteiger partial charge is 0.215 e. The van der Waals surface area contributed by atoms with Crippen LogP contribution in [0.3, 0.4) is 0 Å². The zero-order valence-electron chi connectivity index (χ0n) is 8.86. The van der Waals surface area contributed by atoms with Gasteiger partial charge in [-0.1, -0.05) is 18.2 Å². The Morgan fingerprint density at radius 1 is 1.38 bits per heavy atom. The minimum Gasteiger partial charge on any atom is -0.212 e. The van der Waals surface area contributed by atoms with Crippen molar-refractivity contribution in [2.75, 3.05) is 18.7 Å². The van der Waals surface area contributed by atoms with Gasteiger partial charge < -0.3 is 0 Å². The number of benzene rings is 1. The zero-order chi connectivity index (χ0) is 12.2. The van der Waals surface area contributed by atoms with Gasteiger partial charge in [0, 0.05) is 25.0 Å². The number of hydrogen-bond acceptors (Lipinski definition) is 2. The molecular weight excluding hydrogens is 253 g/mol. The Labute approximate surface area is 99.9 Å². The lowest BCUT2D eigenvalue weighted by Crippen LogP contribution is -2.29. The first-order valence-corrected chi connectivity index (χ1v) is 6.85. The summed E-state index contributed by atoms with van der Waals surface area (Å²) < 4.78 is 37.5. The highest BCUT2D eigenvalue weighted by Gasteiger charge is 2.18. The molecule has 1 aromatic rings. The molecule has 0 amide bonds. The van der Waals surface area contributed by atoms with Crippen LogP contribution in [0, 0.1) is 5.82 Å². The molecule has 0 N–H and O–H groups in total. The van der Waals surface area contributed by atoms with Gasteiger partial charge in [0.25, 0.3) is 0 Å². The molecule has 1 rings (SSSR count). The van der Waals surface area contributed by atoms with Gasteiger partial charge in [-0.3, -0.25) is 0 Å². The highest BCUT2D eigenvalue weighted by atomic mass is 35.5. The maximum absolute atomic E-state index is 13.3. The van der Waals surface area contributed by atoms with Gasteiger partial charge in [0.05, 0.1) is 5.75 Å². The standard InChI is InChI=1S/C10H13ClFNO2S/c1-13(16(14,15)7-6-11)8-9-4-2-3-5-10(9)12/h2-5H,6-8H2,1H3. The van der Waals surface area contributed by atoms with Crippen molar-refractivity contribution < 1.29 is 12.8 Å². The fourth-order valence-electron chi connectivity index (χ4n) is 1.22. The van der Waals surface area contributed by atoms with Gasteiger partial charge in [0.2, 0.25) is 10.0 Å². The smallest absolute Gasteiger partial charge is 0.212 e. The van der Waals surface area contributed by atoms with E-state index in [9.17, 15) is 12.8 Å². The van der Waals surface area contributed by atoms with Crippen LogP contribution in [0.4, 0.5) is 4.39 Å². The van der Waals surface area contributed by atoms with Gasteiger partial charge in [-0.2, -0.15) is 0 Å². The lowest BCUT2D eigenvalue weighted by molar-refractivity contribution is 0.457. The Morgan fingerprint density at radius 2 is 2.00 bits per heavy atom. The monoisotopic (exact) mass is 265 g/mol. The molecule has 90 valence electrons. The van der Waals surface area contributed by atoms with Gasteiger partial charge in [-0.25, -0.2) is 17.1 Å². The summed E-state index contributed by atoms with van der Waals surface area (Å²) in [5.41, 5.74) is 0.350. The normalized spacial score (nSPS) is 12.0. The second kappa shape index (κ2) is 5.61. The molecule has 0 spiro atoms. The van der Waals surface area contributed by atoms with Crippen molar-refractivity contribution in [2.24, 2.45) is 0 Å². The van der Waals surface area contributed by atoms with E-state index in [0.29, 0.717) is 5.56 Å². The lowest BCUT2D eigenvalue weighted by Gasteiger charge is -2.16. The Morgan fingerprint density at radius 3 is 2.56 bits per heavy atom. The Kier molecular flexibility index (Phi) is 4.70. The van der Waals surface area contributed by atoms with Crippen LogP contribution in [-0.4, -0.2) is 31.4 Å². The number of rotatable bonds is 5. The van der Waals surface area contributed by atoms with Crippen LogP contribution in [0.5, 0.6) is 0 Å². The number of sulfonamides is 1. The molecule has 0 saturated heterocycles.